The normalized spacial score (nSPS) is 13.2. The standard InChI is InChI=1S/C51H36O/c1-3-14-34(36-26-25-33-15-4-5-16-35(33)30-36)29-32(2)48-41-20-9-11-22-43(41)49(44-23-12-10-21-42(44)48)37-27-28-47-46(31-37)50-40-19-8-6-17-38(40)39-18-7-13-24-45(39)51(50)52-47/h3-32H,1-2H3/b14-3-,34-29+. The highest BCUT2D eigenvalue weighted by Gasteiger charge is 2.21. The fourth-order valence-electron chi connectivity index (χ4n) is 8.68. The molecule has 52 heavy (non-hydrogen) atoms. The number of hydrogen-bond donors (Lipinski definition) is 0. The highest BCUT2D eigenvalue weighted by atomic mass is 16.3. The molecule has 0 aliphatic carbocycles. The zero-order valence-corrected chi connectivity index (χ0v) is 29.2. The predicted molar refractivity (Wildman–Crippen MR) is 224 cm³/mol. The van der Waals surface area contributed by atoms with Crippen molar-refractivity contribution in [2.24, 2.45) is 0 Å². The third-order valence-electron chi connectivity index (χ3n) is 10.9. The number of hydrogen-bond acceptors (Lipinski definition) is 1. The van der Waals surface area contributed by atoms with Gasteiger partial charge in [-0.25, -0.2) is 0 Å². The molecule has 10 rings (SSSR count). The quantitative estimate of drug-likeness (QED) is 0.101. The van der Waals surface area contributed by atoms with Crippen LogP contribution in [0.1, 0.15) is 30.9 Å². The van der Waals surface area contributed by atoms with Crippen molar-refractivity contribution in [2.75, 3.05) is 0 Å². The Bertz CT molecular complexity index is 3040. The molecule has 0 bridgehead atoms. The lowest BCUT2D eigenvalue weighted by Gasteiger charge is -2.20. The van der Waals surface area contributed by atoms with Gasteiger partial charge >= 0.3 is 0 Å². The summed E-state index contributed by atoms with van der Waals surface area (Å²) in [5, 5.41) is 14.8. The molecule has 0 fully saturated rings. The molecule has 0 saturated carbocycles. The summed E-state index contributed by atoms with van der Waals surface area (Å²) in [6.45, 7) is 4.45. The van der Waals surface area contributed by atoms with E-state index < -0.39 is 0 Å². The van der Waals surface area contributed by atoms with Crippen molar-refractivity contribution in [3.05, 3.63) is 187 Å². The third-order valence-corrected chi connectivity index (χ3v) is 10.9. The SMILES string of the molecule is C/C=C\C(=C/C(C)c1c2ccccc2c(-c2ccc3oc4c5ccccc5c5ccccc5c4c3c2)c2ccccc12)c1ccc2ccccc2c1. The van der Waals surface area contributed by atoms with Crippen LogP contribution in [-0.4, -0.2) is 0 Å². The van der Waals surface area contributed by atoms with E-state index in [1.807, 2.05) is 0 Å². The van der Waals surface area contributed by atoms with E-state index in [1.54, 1.807) is 0 Å². The zero-order valence-electron chi connectivity index (χ0n) is 29.2. The van der Waals surface area contributed by atoms with E-state index in [0.29, 0.717) is 0 Å². The molecule has 0 saturated heterocycles. The van der Waals surface area contributed by atoms with Gasteiger partial charge in [0.1, 0.15) is 11.2 Å². The maximum Gasteiger partial charge on any atom is 0.143 e. The Morgan fingerprint density at radius 1 is 0.519 bits per heavy atom. The van der Waals surface area contributed by atoms with Crippen LogP contribution in [0.4, 0.5) is 0 Å². The first kappa shape index (κ1) is 30.4. The van der Waals surface area contributed by atoms with Gasteiger partial charge in [0.05, 0.1) is 0 Å². The van der Waals surface area contributed by atoms with Crippen LogP contribution < -0.4 is 0 Å². The lowest BCUT2D eigenvalue weighted by atomic mass is 9.83. The molecule has 0 radical (unpaired) electrons. The molecule has 0 aliphatic heterocycles. The molecule has 0 aliphatic rings. The lowest BCUT2D eigenvalue weighted by molar-refractivity contribution is 0.673. The number of rotatable bonds is 5. The van der Waals surface area contributed by atoms with Crippen LogP contribution in [0.15, 0.2) is 180 Å². The van der Waals surface area contributed by atoms with E-state index in [2.05, 4.69) is 190 Å². The van der Waals surface area contributed by atoms with Crippen LogP contribution in [0, 0.1) is 0 Å². The van der Waals surface area contributed by atoms with E-state index in [4.69, 9.17) is 4.42 Å². The van der Waals surface area contributed by atoms with Crippen molar-refractivity contribution >= 4 is 81.4 Å². The molecular weight excluding hydrogens is 629 g/mol. The second-order valence-electron chi connectivity index (χ2n) is 14.0. The molecule has 1 heteroatoms. The topological polar surface area (TPSA) is 13.1 Å². The second-order valence-corrected chi connectivity index (χ2v) is 14.0. The summed E-state index contributed by atoms with van der Waals surface area (Å²) < 4.78 is 6.70. The Morgan fingerprint density at radius 3 is 1.79 bits per heavy atom. The smallest absolute Gasteiger partial charge is 0.143 e. The molecular formula is C51H36O. The van der Waals surface area contributed by atoms with Crippen LogP contribution in [0.25, 0.3) is 92.5 Å². The van der Waals surface area contributed by atoms with Gasteiger partial charge in [-0.3, -0.25) is 0 Å². The molecule has 1 unspecified atom stereocenters. The van der Waals surface area contributed by atoms with E-state index in [-0.39, 0.29) is 5.92 Å². The van der Waals surface area contributed by atoms with Crippen molar-refractivity contribution in [2.45, 2.75) is 19.8 Å². The minimum Gasteiger partial charge on any atom is -0.455 e. The molecule has 0 amide bonds. The molecule has 1 aromatic heterocycles. The van der Waals surface area contributed by atoms with Gasteiger partial charge in [0, 0.05) is 22.1 Å². The minimum atomic E-state index is 0.154. The minimum absolute atomic E-state index is 0.154. The average molecular weight is 665 g/mol. The molecule has 1 nitrogen and oxygen atoms in total. The fourth-order valence-corrected chi connectivity index (χ4v) is 8.68. The monoisotopic (exact) mass is 664 g/mol. The van der Waals surface area contributed by atoms with Gasteiger partial charge in [-0.15, -0.1) is 0 Å². The van der Waals surface area contributed by atoms with Gasteiger partial charge in [0.25, 0.3) is 0 Å². The molecule has 10 aromatic rings. The molecule has 1 heterocycles. The number of allylic oxidation sites excluding steroid dienone is 4. The summed E-state index contributed by atoms with van der Waals surface area (Å²) in [5.41, 5.74) is 8.14. The van der Waals surface area contributed by atoms with Crippen molar-refractivity contribution in [1.29, 1.82) is 0 Å². The number of fused-ring (bicyclic) bond motifs is 11. The Morgan fingerprint density at radius 2 is 1.10 bits per heavy atom. The summed E-state index contributed by atoms with van der Waals surface area (Å²) in [6, 6.07) is 57.5. The first-order valence-corrected chi connectivity index (χ1v) is 18.2. The van der Waals surface area contributed by atoms with Crippen molar-refractivity contribution < 1.29 is 4.42 Å². The molecule has 9 aromatic carbocycles. The predicted octanol–water partition coefficient (Wildman–Crippen LogP) is 14.8. The Hall–Kier alpha value is -6.44. The third kappa shape index (κ3) is 4.70. The first-order valence-electron chi connectivity index (χ1n) is 18.2. The van der Waals surface area contributed by atoms with Crippen molar-refractivity contribution in [3.63, 3.8) is 0 Å². The molecule has 0 N–H and O–H groups in total. The lowest BCUT2D eigenvalue weighted by Crippen LogP contribution is -1.98. The summed E-state index contributed by atoms with van der Waals surface area (Å²) in [5.74, 6) is 0.154. The number of furan rings is 1. The summed E-state index contributed by atoms with van der Waals surface area (Å²) in [4.78, 5) is 0. The van der Waals surface area contributed by atoms with E-state index >= 15 is 0 Å². The van der Waals surface area contributed by atoms with Crippen LogP contribution >= 0.6 is 0 Å². The number of benzene rings is 9. The van der Waals surface area contributed by atoms with Gasteiger partial charge in [-0.05, 0) is 101 Å². The first-order chi connectivity index (χ1) is 25.7. The summed E-state index contributed by atoms with van der Waals surface area (Å²) >= 11 is 0. The zero-order chi connectivity index (χ0) is 34.8. The fraction of sp³-hybridized carbons (Fsp3) is 0.0588. The largest absolute Gasteiger partial charge is 0.455 e. The maximum absolute atomic E-state index is 6.70. The van der Waals surface area contributed by atoms with Gasteiger partial charge in [-0.1, -0.05) is 165 Å². The Kier molecular flexibility index (Phi) is 7.08. The molecule has 1 atom stereocenters. The maximum atomic E-state index is 6.70. The van der Waals surface area contributed by atoms with E-state index in [1.165, 1.54) is 81.7 Å². The van der Waals surface area contributed by atoms with Gasteiger partial charge in [0.15, 0.2) is 0 Å². The van der Waals surface area contributed by atoms with Crippen molar-refractivity contribution in [3.8, 4) is 11.1 Å². The van der Waals surface area contributed by atoms with Gasteiger partial charge < -0.3 is 4.42 Å². The van der Waals surface area contributed by atoms with Gasteiger partial charge in [0.2, 0.25) is 0 Å². The average Bonchev–Trinajstić information content (AvgIpc) is 3.59. The van der Waals surface area contributed by atoms with Crippen molar-refractivity contribution in [1.82, 2.24) is 0 Å². The van der Waals surface area contributed by atoms with Crippen LogP contribution in [0.2, 0.25) is 0 Å². The highest BCUT2D eigenvalue weighted by molar-refractivity contribution is 6.30. The summed E-state index contributed by atoms with van der Waals surface area (Å²) in [7, 11) is 0. The van der Waals surface area contributed by atoms with Crippen LogP contribution in [0.5, 0.6) is 0 Å². The summed E-state index contributed by atoms with van der Waals surface area (Å²) in [6.07, 6.45) is 6.84. The molecule has 0 spiro atoms. The highest BCUT2D eigenvalue weighted by Crippen LogP contribution is 2.46. The van der Waals surface area contributed by atoms with Gasteiger partial charge in [-0.2, -0.15) is 0 Å². The molecule has 246 valence electrons. The second kappa shape index (κ2) is 12.1. The van der Waals surface area contributed by atoms with E-state index in [9.17, 15) is 0 Å². The van der Waals surface area contributed by atoms with Crippen LogP contribution in [0.3, 0.4) is 0 Å². The Balaban J connectivity index is 1.21. The van der Waals surface area contributed by atoms with Crippen LogP contribution in [-0.2, 0) is 0 Å². The van der Waals surface area contributed by atoms with E-state index in [0.717, 1.165) is 21.9 Å². The Labute approximate surface area is 302 Å².